The molecular weight excluding hydrogens is 731 g/mol. The molecule has 1 fully saturated rings. The van der Waals surface area contributed by atoms with E-state index in [4.69, 9.17) is 14.0 Å². The fourth-order valence-electron chi connectivity index (χ4n) is 6.65. The van der Waals surface area contributed by atoms with Crippen molar-refractivity contribution in [3.05, 3.63) is 24.3 Å². The SMILES string of the molecule is CCCCCCCCCCC/C=C/CC/C=C/C(O)C(COC1OC(CO)C(O)C(OS(=O)(=O)O)C1O)NC(=O)C(O)CCCCCCCCCCCCC. The van der Waals surface area contributed by atoms with Gasteiger partial charge in [0.2, 0.25) is 5.91 Å². The number of carbonyl (C=O) groups is 1. The van der Waals surface area contributed by atoms with Crippen LogP contribution in [0.15, 0.2) is 24.3 Å². The molecule has 55 heavy (non-hydrogen) atoms. The molecule has 0 aromatic heterocycles. The first-order valence-electron chi connectivity index (χ1n) is 21.3. The molecule has 0 spiro atoms. The maximum absolute atomic E-state index is 13.0. The summed E-state index contributed by atoms with van der Waals surface area (Å²) in [5, 5.41) is 54.9. The number of hydrogen-bond acceptors (Lipinski definition) is 11. The highest BCUT2D eigenvalue weighted by Crippen LogP contribution is 2.26. The van der Waals surface area contributed by atoms with Crippen molar-refractivity contribution in [2.75, 3.05) is 13.2 Å². The molecule has 7 N–H and O–H groups in total. The average molecular weight is 808 g/mol. The Labute approximate surface area is 332 Å². The molecule has 1 heterocycles. The normalized spacial score (nSPS) is 22.4. The van der Waals surface area contributed by atoms with Gasteiger partial charge >= 0.3 is 10.4 Å². The van der Waals surface area contributed by atoms with E-state index >= 15 is 0 Å². The maximum atomic E-state index is 13.0. The van der Waals surface area contributed by atoms with Crippen molar-refractivity contribution in [1.29, 1.82) is 0 Å². The van der Waals surface area contributed by atoms with Crippen molar-refractivity contribution in [3.63, 3.8) is 0 Å². The van der Waals surface area contributed by atoms with Crippen LogP contribution in [-0.4, -0.2) is 107 Å². The zero-order chi connectivity index (χ0) is 40.7. The number of hydrogen-bond donors (Lipinski definition) is 7. The summed E-state index contributed by atoms with van der Waals surface area (Å²) in [5.74, 6) is -0.714. The predicted octanol–water partition coefficient (Wildman–Crippen LogP) is 6.35. The molecule has 1 aliphatic rings. The van der Waals surface area contributed by atoms with Crippen molar-refractivity contribution >= 4 is 16.3 Å². The molecule has 324 valence electrons. The van der Waals surface area contributed by atoms with E-state index in [0.29, 0.717) is 12.8 Å². The van der Waals surface area contributed by atoms with Crippen molar-refractivity contribution in [1.82, 2.24) is 5.32 Å². The van der Waals surface area contributed by atoms with Crippen LogP contribution in [0.25, 0.3) is 0 Å². The second-order valence-electron chi connectivity index (χ2n) is 15.1. The Balaban J connectivity index is 2.68. The van der Waals surface area contributed by atoms with Gasteiger partial charge in [0.25, 0.3) is 0 Å². The van der Waals surface area contributed by atoms with Crippen molar-refractivity contribution in [2.24, 2.45) is 0 Å². The monoisotopic (exact) mass is 808 g/mol. The van der Waals surface area contributed by atoms with Crippen LogP contribution in [0.5, 0.6) is 0 Å². The van der Waals surface area contributed by atoms with Gasteiger partial charge < -0.3 is 40.3 Å². The van der Waals surface area contributed by atoms with Crippen molar-refractivity contribution in [2.45, 2.75) is 217 Å². The lowest BCUT2D eigenvalue weighted by atomic mass is 9.99. The summed E-state index contributed by atoms with van der Waals surface area (Å²) in [6.45, 7) is 3.16. The van der Waals surface area contributed by atoms with Crippen molar-refractivity contribution < 1.29 is 57.0 Å². The zero-order valence-corrected chi connectivity index (χ0v) is 34.7. The molecule has 0 saturated carbocycles. The first kappa shape index (κ1) is 51.6. The first-order chi connectivity index (χ1) is 26.4. The number of rotatable bonds is 35. The lowest BCUT2D eigenvalue weighted by Crippen LogP contribution is -2.61. The van der Waals surface area contributed by atoms with E-state index in [2.05, 4.69) is 35.5 Å². The third-order valence-electron chi connectivity index (χ3n) is 10.1. The molecule has 0 aromatic carbocycles. The van der Waals surface area contributed by atoms with Crippen LogP contribution in [0.2, 0.25) is 0 Å². The van der Waals surface area contributed by atoms with Gasteiger partial charge in [0.05, 0.1) is 25.4 Å². The molecule has 0 bridgehead atoms. The van der Waals surface area contributed by atoms with E-state index in [-0.39, 0.29) is 6.42 Å². The Morgan fingerprint density at radius 3 is 1.75 bits per heavy atom. The van der Waals surface area contributed by atoms with Gasteiger partial charge in [-0.05, 0) is 32.1 Å². The molecule has 0 aliphatic carbocycles. The molecule has 14 heteroatoms. The molecule has 8 unspecified atom stereocenters. The lowest BCUT2D eigenvalue weighted by Gasteiger charge is -2.41. The molecule has 0 aromatic rings. The lowest BCUT2D eigenvalue weighted by molar-refractivity contribution is -0.298. The van der Waals surface area contributed by atoms with E-state index in [1.807, 2.05) is 0 Å². The Morgan fingerprint density at radius 1 is 0.727 bits per heavy atom. The Morgan fingerprint density at radius 2 is 1.22 bits per heavy atom. The minimum Gasteiger partial charge on any atom is -0.394 e. The van der Waals surface area contributed by atoms with Gasteiger partial charge in [-0.25, -0.2) is 4.18 Å². The summed E-state index contributed by atoms with van der Waals surface area (Å²) in [5.41, 5.74) is 0. The molecule has 0 radical (unpaired) electrons. The third kappa shape index (κ3) is 25.5. The topological polar surface area (TPSA) is 212 Å². The Kier molecular flexibility index (Phi) is 30.5. The number of amides is 1. The van der Waals surface area contributed by atoms with Crippen LogP contribution in [0.4, 0.5) is 0 Å². The minimum atomic E-state index is -5.12. The minimum absolute atomic E-state index is 0.239. The standard InChI is InChI=1S/C41H77NO12S/c1-3-5-7-9-11-13-15-16-17-18-20-21-23-25-27-29-34(44)33(32-52-41-38(47)39(54-55(49,50)51)37(46)36(31-43)53-41)42-40(48)35(45)30-28-26-24-22-19-14-12-10-8-6-4-2/h20-21,27,29,33-39,41,43-47H,3-19,22-26,28,30-32H2,1-2H3,(H,42,48)(H,49,50,51)/b21-20+,29-27+. The van der Waals surface area contributed by atoms with Gasteiger partial charge in [0.1, 0.15) is 30.5 Å². The zero-order valence-electron chi connectivity index (χ0n) is 33.9. The van der Waals surface area contributed by atoms with Gasteiger partial charge in [-0.3, -0.25) is 9.35 Å². The first-order valence-corrected chi connectivity index (χ1v) is 22.7. The fourth-order valence-corrected chi connectivity index (χ4v) is 7.16. The number of ether oxygens (including phenoxy) is 2. The number of aliphatic hydroxyl groups excluding tert-OH is 5. The van der Waals surface area contributed by atoms with E-state index in [0.717, 1.165) is 38.5 Å². The quantitative estimate of drug-likeness (QED) is 0.0212. The number of carbonyl (C=O) groups excluding carboxylic acids is 1. The number of allylic oxidation sites excluding steroid dienone is 3. The van der Waals surface area contributed by atoms with Gasteiger partial charge in [-0.2, -0.15) is 8.42 Å². The molecule has 1 amide bonds. The molecular formula is C41H77NO12S. The summed E-state index contributed by atoms with van der Waals surface area (Å²) in [6.07, 6.45) is 22.7. The smallest absolute Gasteiger partial charge is 0.394 e. The third-order valence-corrected chi connectivity index (χ3v) is 10.6. The highest BCUT2D eigenvalue weighted by Gasteiger charge is 2.48. The Hall–Kier alpha value is -1.46. The fraction of sp³-hybridized carbons (Fsp3) is 0.878. The summed E-state index contributed by atoms with van der Waals surface area (Å²) in [4.78, 5) is 13.0. The van der Waals surface area contributed by atoms with Gasteiger partial charge in [-0.15, -0.1) is 0 Å². The Bertz CT molecular complexity index is 1110. The summed E-state index contributed by atoms with van der Waals surface area (Å²) < 4.78 is 47.3. The highest BCUT2D eigenvalue weighted by molar-refractivity contribution is 7.80. The molecule has 1 rings (SSSR count). The molecule has 1 saturated heterocycles. The maximum Gasteiger partial charge on any atom is 0.397 e. The summed E-state index contributed by atoms with van der Waals surface area (Å²) in [7, 11) is -5.12. The molecule has 1 aliphatic heterocycles. The summed E-state index contributed by atoms with van der Waals surface area (Å²) in [6, 6.07) is -1.13. The highest BCUT2D eigenvalue weighted by atomic mass is 32.3. The van der Waals surface area contributed by atoms with E-state index in [1.54, 1.807) is 6.08 Å². The van der Waals surface area contributed by atoms with Crippen LogP contribution in [0, 0.1) is 0 Å². The number of unbranched alkanes of at least 4 members (excludes halogenated alkanes) is 20. The average Bonchev–Trinajstić information content (AvgIpc) is 3.15. The van der Waals surface area contributed by atoms with Crippen LogP contribution < -0.4 is 5.32 Å². The van der Waals surface area contributed by atoms with Crippen LogP contribution in [-0.2, 0) is 28.9 Å². The van der Waals surface area contributed by atoms with Crippen molar-refractivity contribution in [3.8, 4) is 0 Å². The molecule has 8 atom stereocenters. The second-order valence-corrected chi connectivity index (χ2v) is 16.1. The second kappa shape index (κ2) is 32.5. The van der Waals surface area contributed by atoms with E-state index in [1.165, 1.54) is 102 Å². The molecule has 13 nitrogen and oxygen atoms in total. The van der Waals surface area contributed by atoms with Gasteiger partial charge in [-0.1, -0.05) is 160 Å². The predicted molar refractivity (Wildman–Crippen MR) is 215 cm³/mol. The van der Waals surface area contributed by atoms with Gasteiger partial charge in [0.15, 0.2) is 6.29 Å². The number of aliphatic hydroxyl groups is 5. The number of nitrogens with one attached hydrogen (secondary N) is 1. The summed E-state index contributed by atoms with van der Waals surface area (Å²) >= 11 is 0. The van der Waals surface area contributed by atoms with E-state index < -0.39 is 78.5 Å². The largest absolute Gasteiger partial charge is 0.397 e. The van der Waals surface area contributed by atoms with Crippen LogP contribution in [0.1, 0.15) is 168 Å². The van der Waals surface area contributed by atoms with E-state index in [9.17, 15) is 38.7 Å². The van der Waals surface area contributed by atoms with Gasteiger partial charge in [0, 0.05) is 0 Å². The van der Waals surface area contributed by atoms with Crippen LogP contribution >= 0.6 is 0 Å². The van der Waals surface area contributed by atoms with Crippen LogP contribution in [0.3, 0.4) is 0 Å².